The molecule has 0 aliphatic carbocycles. The quantitative estimate of drug-likeness (QED) is 0.482. The van der Waals surface area contributed by atoms with Gasteiger partial charge >= 0.3 is 12.4 Å². The fraction of sp³-hybridized carbons (Fsp3) is 0.250. The van der Waals surface area contributed by atoms with Gasteiger partial charge < -0.3 is 0 Å². The summed E-state index contributed by atoms with van der Waals surface area (Å²) in [5, 5.41) is -1.99. The number of rotatable bonds is 4. The van der Waals surface area contributed by atoms with Crippen LogP contribution in [0, 0.1) is 0 Å². The first-order valence-electron chi connectivity index (χ1n) is 7.06. The van der Waals surface area contributed by atoms with Crippen molar-refractivity contribution in [3.63, 3.8) is 0 Å². The van der Waals surface area contributed by atoms with Crippen molar-refractivity contribution in [2.45, 2.75) is 24.0 Å². The first kappa shape index (κ1) is 20.6. The van der Waals surface area contributed by atoms with Gasteiger partial charge in [0, 0.05) is 10.7 Å². The minimum Gasteiger partial charge on any atom is -0.212 e. The largest absolute Gasteiger partial charge is 0.416 e. The molecule has 2 aromatic carbocycles. The molecule has 2 rings (SSSR count). The van der Waals surface area contributed by atoms with Gasteiger partial charge in [-0.1, -0.05) is 36.4 Å². The SMILES string of the molecule is O=S(=O)(Cl)C(Cc1ccccc1C(F)(F)F)c1ccccc1C(F)(F)F. The monoisotopic (exact) mass is 416 g/mol. The van der Waals surface area contributed by atoms with Crippen LogP contribution < -0.4 is 0 Å². The molecule has 0 aromatic heterocycles. The van der Waals surface area contributed by atoms with Crippen LogP contribution in [0.5, 0.6) is 0 Å². The van der Waals surface area contributed by atoms with E-state index >= 15 is 0 Å². The van der Waals surface area contributed by atoms with Gasteiger partial charge in [-0.2, -0.15) is 26.3 Å². The summed E-state index contributed by atoms with van der Waals surface area (Å²) in [6.45, 7) is 0. The van der Waals surface area contributed by atoms with Crippen molar-refractivity contribution in [2.75, 3.05) is 0 Å². The lowest BCUT2D eigenvalue weighted by atomic mass is 9.96. The lowest BCUT2D eigenvalue weighted by Crippen LogP contribution is -2.19. The van der Waals surface area contributed by atoms with Gasteiger partial charge in [0.25, 0.3) is 0 Å². The number of benzene rings is 2. The summed E-state index contributed by atoms with van der Waals surface area (Å²) in [7, 11) is 0.640. The molecule has 0 bridgehead atoms. The molecule has 1 atom stereocenters. The van der Waals surface area contributed by atoms with Gasteiger partial charge in [0.1, 0.15) is 5.25 Å². The molecule has 0 aliphatic heterocycles. The average Bonchev–Trinajstić information content (AvgIpc) is 2.50. The summed E-state index contributed by atoms with van der Waals surface area (Å²) >= 11 is 0. The first-order valence-corrected chi connectivity index (χ1v) is 9.43. The summed E-state index contributed by atoms with van der Waals surface area (Å²) < 4.78 is 103. The topological polar surface area (TPSA) is 34.1 Å². The van der Waals surface area contributed by atoms with Crippen molar-refractivity contribution in [1.29, 1.82) is 0 Å². The second kappa shape index (κ2) is 7.11. The zero-order valence-electron chi connectivity index (χ0n) is 12.8. The fourth-order valence-corrected chi connectivity index (χ4v) is 3.94. The molecule has 0 fully saturated rings. The predicted molar refractivity (Wildman–Crippen MR) is 84.1 cm³/mol. The van der Waals surface area contributed by atoms with Crippen LogP contribution in [-0.4, -0.2) is 8.42 Å². The van der Waals surface area contributed by atoms with E-state index in [0.29, 0.717) is 6.07 Å². The Morgan fingerprint density at radius 1 is 0.808 bits per heavy atom. The van der Waals surface area contributed by atoms with Crippen LogP contribution in [0.2, 0.25) is 0 Å². The summed E-state index contributed by atoms with van der Waals surface area (Å²) in [6, 6.07) is 7.82. The van der Waals surface area contributed by atoms with E-state index in [-0.39, 0.29) is 0 Å². The van der Waals surface area contributed by atoms with Crippen molar-refractivity contribution in [3.05, 3.63) is 70.8 Å². The van der Waals surface area contributed by atoms with Crippen LogP contribution in [0.15, 0.2) is 48.5 Å². The second-order valence-electron chi connectivity index (χ2n) is 5.41. The molecule has 2 nitrogen and oxygen atoms in total. The third-order valence-corrected chi connectivity index (χ3v) is 5.43. The Hall–Kier alpha value is -1.74. The van der Waals surface area contributed by atoms with Gasteiger partial charge in [-0.25, -0.2) is 8.42 Å². The van der Waals surface area contributed by atoms with Crippen molar-refractivity contribution in [1.82, 2.24) is 0 Å². The molecule has 0 N–H and O–H groups in total. The summed E-state index contributed by atoms with van der Waals surface area (Å²) in [6.07, 6.45) is -10.5. The Labute approximate surface area is 149 Å². The molecular formula is C16H11ClF6O2S. The minimum absolute atomic E-state index is 0.466. The van der Waals surface area contributed by atoms with Gasteiger partial charge in [0.2, 0.25) is 9.05 Å². The summed E-state index contributed by atoms with van der Waals surface area (Å²) in [5.74, 6) is 0. The van der Waals surface area contributed by atoms with E-state index in [2.05, 4.69) is 0 Å². The van der Waals surface area contributed by atoms with Gasteiger partial charge in [-0.3, -0.25) is 0 Å². The smallest absolute Gasteiger partial charge is 0.212 e. The highest BCUT2D eigenvalue weighted by Gasteiger charge is 2.40. The van der Waals surface area contributed by atoms with E-state index in [1.807, 2.05) is 0 Å². The zero-order chi connectivity index (χ0) is 19.8. The third kappa shape index (κ3) is 4.70. The van der Waals surface area contributed by atoms with Crippen LogP contribution in [0.25, 0.3) is 0 Å². The van der Waals surface area contributed by atoms with Crippen molar-refractivity contribution in [2.24, 2.45) is 0 Å². The lowest BCUT2D eigenvalue weighted by molar-refractivity contribution is -0.139. The number of hydrogen-bond acceptors (Lipinski definition) is 2. The van der Waals surface area contributed by atoms with Crippen molar-refractivity contribution < 1.29 is 34.8 Å². The normalized spacial score (nSPS) is 14.3. The van der Waals surface area contributed by atoms with Gasteiger partial charge in [0.15, 0.2) is 0 Å². The summed E-state index contributed by atoms with van der Waals surface area (Å²) in [4.78, 5) is 0. The highest BCUT2D eigenvalue weighted by atomic mass is 35.7. The Kier molecular flexibility index (Phi) is 5.63. The Balaban J connectivity index is 2.62. The Morgan fingerprint density at radius 3 is 1.77 bits per heavy atom. The molecule has 142 valence electrons. The maximum atomic E-state index is 13.2. The van der Waals surface area contributed by atoms with Crippen LogP contribution in [0.3, 0.4) is 0 Å². The number of hydrogen-bond donors (Lipinski definition) is 0. The van der Waals surface area contributed by atoms with Crippen molar-refractivity contribution in [3.8, 4) is 0 Å². The highest BCUT2D eigenvalue weighted by Crippen LogP contribution is 2.41. The molecule has 0 saturated heterocycles. The maximum Gasteiger partial charge on any atom is 0.416 e. The van der Waals surface area contributed by atoms with E-state index in [0.717, 1.165) is 36.4 Å². The van der Waals surface area contributed by atoms with Gasteiger partial charge in [-0.05, 0) is 29.7 Å². The van der Waals surface area contributed by atoms with Crippen LogP contribution in [0.1, 0.15) is 27.5 Å². The molecule has 0 heterocycles. The van der Waals surface area contributed by atoms with Crippen LogP contribution in [-0.2, 0) is 27.8 Å². The van der Waals surface area contributed by atoms with E-state index in [1.165, 1.54) is 6.07 Å². The molecule has 26 heavy (non-hydrogen) atoms. The lowest BCUT2D eigenvalue weighted by Gasteiger charge is -2.21. The molecule has 0 saturated carbocycles. The Bertz CT molecular complexity index is 890. The highest BCUT2D eigenvalue weighted by molar-refractivity contribution is 8.13. The number of halogens is 7. The molecular weight excluding hydrogens is 406 g/mol. The van der Waals surface area contributed by atoms with Crippen LogP contribution in [0.4, 0.5) is 26.3 Å². The van der Waals surface area contributed by atoms with E-state index in [1.54, 1.807) is 0 Å². The number of alkyl halides is 6. The minimum atomic E-state index is -4.89. The molecule has 1 unspecified atom stereocenters. The average molecular weight is 417 g/mol. The van der Waals surface area contributed by atoms with Crippen LogP contribution >= 0.6 is 10.7 Å². The van der Waals surface area contributed by atoms with E-state index in [4.69, 9.17) is 10.7 Å². The maximum absolute atomic E-state index is 13.2. The predicted octanol–water partition coefficient (Wildman–Crippen LogP) is 5.58. The van der Waals surface area contributed by atoms with E-state index in [9.17, 15) is 34.8 Å². The molecule has 0 spiro atoms. The fourth-order valence-electron chi connectivity index (χ4n) is 2.57. The molecule has 0 aliphatic rings. The molecule has 2 aromatic rings. The first-order chi connectivity index (χ1) is 11.8. The molecule has 0 amide bonds. The van der Waals surface area contributed by atoms with Gasteiger partial charge in [0.05, 0.1) is 11.1 Å². The van der Waals surface area contributed by atoms with E-state index < -0.39 is 55.3 Å². The van der Waals surface area contributed by atoms with Crippen molar-refractivity contribution >= 4 is 19.7 Å². The summed E-state index contributed by atoms with van der Waals surface area (Å²) in [5.41, 5.74) is -3.56. The van der Waals surface area contributed by atoms with Gasteiger partial charge in [-0.15, -0.1) is 0 Å². The second-order valence-corrected chi connectivity index (χ2v) is 8.22. The third-order valence-electron chi connectivity index (χ3n) is 3.68. The molecule has 10 heteroatoms. The standard InChI is InChI=1S/C16H11ClF6O2S/c17-26(24,25)14(11-6-2-4-8-13(11)16(21,22)23)9-10-5-1-3-7-12(10)15(18,19)20/h1-8,14H,9H2. The zero-order valence-corrected chi connectivity index (χ0v) is 14.3. The Morgan fingerprint density at radius 2 is 1.27 bits per heavy atom. The molecule has 0 radical (unpaired) electrons.